The summed E-state index contributed by atoms with van der Waals surface area (Å²) < 4.78 is 25.5. The first-order chi connectivity index (χ1) is 20.5. The lowest BCUT2D eigenvalue weighted by atomic mass is 10.0. The van der Waals surface area contributed by atoms with Crippen molar-refractivity contribution in [2.45, 2.75) is 26.1 Å². The van der Waals surface area contributed by atoms with Gasteiger partial charge in [0, 0.05) is 5.56 Å². The van der Waals surface area contributed by atoms with E-state index in [1.54, 1.807) is 24.2 Å². The Bertz CT molecular complexity index is 1620. The molecular weight excluding hydrogens is 547 g/mol. The maximum atomic E-state index is 13.7. The van der Waals surface area contributed by atoms with Crippen molar-refractivity contribution in [1.82, 2.24) is 4.90 Å². The summed E-state index contributed by atoms with van der Waals surface area (Å²) in [6, 6.07) is 30.0. The fourth-order valence-electron chi connectivity index (χ4n) is 4.60. The first-order valence-corrected chi connectivity index (χ1v) is 14.4. The van der Waals surface area contributed by atoms with Crippen molar-refractivity contribution in [2.24, 2.45) is 4.99 Å². The van der Waals surface area contributed by atoms with Crippen molar-refractivity contribution in [3.63, 3.8) is 0 Å². The van der Waals surface area contributed by atoms with Gasteiger partial charge in [-0.25, -0.2) is 4.39 Å². The fraction of sp³-hybridized carbons (Fsp3) is 0.143. The third-order valence-corrected chi connectivity index (χ3v) is 7.66. The molecule has 42 heavy (non-hydrogen) atoms. The second-order valence-electron chi connectivity index (χ2n) is 9.69. The first kappa shape index (κ1) is 28.9. The number of carbonyl (C=O) groups excluding carboxylic acids is 1. The number of hydrogen-bond acceptors (Lipinski definition) is 5. The lowest BCUT2D eigenvalue weighted by molar-refractivity contribution is -0.122. The van der Waals surface area contributed by atoms with Crippen molar-refractivity contribution in [1.29, 1.82) is 0 Å². The third kappa shape index (κ3) is 7.17. The number of benzene rings is 4. The summed E-state index contributed by atoms with van der Waals surface area (Å²) in [4.78, 5) is 20.8. The van der Waals surface area contributed by atoms with E-state index in [4.69, 9.17) is 14.5 Å². The van der Waals surface area contributed by atoms with E-state index in [1.165, 1.54) is 23.9 Å². The minimum atomic E-state index is -0.317. The molecule has 0 spiro atoms. The number of methoxy groups -OCH3 is 1. The molecule has 0 radical (unpaired) electrons. The van der Waals surface area contributed by atoms with E-state index in [0.717, 1.165) is 22.3 Å². The Labute approximate surface area is 250 Å². The number of amidine groups is 1. The van der Waals surface area contributed by atoms with Crippen molar-refractivity contribution < 1.29 is 18.7 Å². The molecule has 0 aliphatic carbocycles. The average molecular weight is 579 g/mol. The lowest BCUT2D eigenvalue weighted by Gasteiger charge is -2.16. The van der Waals surface area contributed by atoms with Gasteiger partial charge in [0.2, 0.25) is 0 Å². The van der Waals surface area contributed by atoms with E-state index in [9.17, 15) is 9.18 Å². The van der Waals surface area contributed by atoms with Gasteiger partial charge in [0.25, 0.3) is 5.91 Å². The van der Waals surface area contributed by atoms with E-state index in [1.807, 2.05) is 84.9 Å². The van der Waals surface area contributed by atoms with Crippen LogP contribution in [-0.4, -0.2) is 23.1 Å². The van der Waals surface area contributed by atoms with Crippen LogP contribution in [0.25, 0.3) is 6.08 Å². The van der Waals surface area contributed by atoms with E-state index in [-0.39, 0.29) is 18.3 Å². The Hall–Kier alpha value is -4.62. The van der Waals surface area contributed by atoms with Crippen LogP contribution >= 0.6 is 11.8 Å². The van der Waals surface area contributed by atoms with Crippen LogP contribution in [-0.2, 0) is 30.9 Å². The van der Waals surface area contributed by atoms with Gasteiger partial charge < -0.3 is 9.47 Å². The predicted octanol–water partition coefficient (Wildman–Crippen LogP) is 7.81. The number of rotatable bonds is 11. The molecule has 0 N–H and O–H groups in total. The molecule has 1 saturated heterocycles. The van der Waals surface area contributed by atoms with Gasteiger partial charge in [-0.15, -0.1) is 6.58 Å². The van der Waals surface area contributed by atoms with Crippen LogP contribution < -0.4 is 9.47 Å². The largest absolute Gasteiger partial charge is 0.493 e. The van der Waals surface area contributed by atoms with Crippen LogP contribution in [0.4, 0.5) is 4.39 Å². The summed E-state index contributed by atoms with van der Waals surface area (Å²) in [6.45, 7) is 4.98. The van der Waals surface area contributed by atoms with Gasteiger partial charge in [0.15, 0.2) is 16.7 Å². The molecule has 5 nitrogen and oxygen atoms in total. The molecule has 7 heteroatoms. The van der Waals surface area contributed by atoms with Crippen molar-refractivity contribution in [3.8, 4) is 11.5 Å². The Balaban J connectivity index is 1.45. The number of hydrogen-bond donors (Lipinski definition) is 0. The van der Waals surface area contributed by atoms with Gasteiger partial charge >= 0.3 is 0 Å². The Morgan fingerprint density at radius 2 is 1.64 bits per heavy atom. The summed E-state index contributed by atoms with van der Waals surface area (Å²) in [5.41, 5.74) is 4.45. The Morgan fingerprint density at radius 3 is 2.33 bits per heavy atom. The summed E-state index contributed by atoms with van der Waals surface area (Å²) in [7, 11) is 1.57. The van der Waals surface area contributed by atoms with Crippen LogP contribution in [0.3, 0.4) is 0 Å². The molecule has 0 saturated carbocycles. The fourth-order valence-corrected chi connectivity index (χ4v) is 5.57. The molecule has 0 unspecified atom stereocenters. The normalized spacial score (nSPS) is 14.9. The van der Waals surface area contributed by atoms with Crippen LogP contribution in [0.2, 0.25) is 0 Å². The maximum Gasteiger partial charge on any atom is 0.267 e. The summed E-state index contributed by atoms with van der Waals surface area (Å²) >= 11 is 1.37. The molecular formula is C35H31FN2O3S. The van der Waals surface area contributed by atoms with Gasteiger partial charge in [0.1, 0.15) is 12.4 Å². The van der Waals surface area contributed by atoms with Gasteiger partial charge in [-0.05, 0) is 70.8 Å². The Kier molecular flexibility index (Phi) is 9.51. The number of allylic oxidation sites excluding steroid dienone is 1. The highest BCUT2D eigenvalue weighted by Gasteiger charge is 2.33. The molecule has 1 aliphatic heterocycles. The summed E-state index contributed by atoms with van der Waals surface area (Å²) in [5.74, 6) is 0.659. The first-order valence-electron chi connectivity index (χ1n) is 13.6. The zero-order valence-corrected chi connectivity index (χ0v) is 24.1. The van der Waals surface area contributed by atoms with Gasteiger partial charge in [0.05, 0.1) is 25.1 Å². The molecule has 5 rings (SSSR count). The smallest absolute Gasteiger partial charge is 0.267 e. The zero-order valence-electron chi connectivity index (χ0n) is 23.3. The number of amides is 1. The molecule has 4 aromatic rings. The molecule has 1 amide bonds. The standard InChI is InChI=1S/C35H31FN2O3S/c1-3-11-29-18-28(20-31(40-2)33(29)41-24-27-16-10-17-30(36)19-27)21-32-34(39)38(23-26-14-8-5-9-15-26)35(42-32)37-22-25-12-6-4-7-13-25/h3-10,12-21H,1,11,22-24H2,2H3/b32-21+,37-35?. The maximum absolute atomic E-state index is 13.7. The van der Waals surface area contributed by atoms with Crippen LogP contribution in [0, 0.1) is 5.82 Å². The number of ether oxygens (including phenoxy) is 2. The molecule has 1 heterocycles. The molecule has 0 bridgehead atoms. The number of carbonyl (C=O) groups is 1. The molecule has 0 atom stereocenters. The van der Waals surface area contributed by atoms with Crippen LogP contribution in [0.1, 0.15) is 27.8 Å². The minimum Gasteiger partial charge on any atom is -0.493 e. The highest BCUT2D eigenvalue weighted by atomic mass is 32.2. The monoisotopic (exact) mass is 578 g/mol. The van der Waals surface area contributed by atoms with Crippen molar-refractivity contribution in [2.75, 3.05) is 7.11 Å². The zero-order chi connectivity index (χ0) is 29.3. The van der Waals surface area contributed by atoms with E-state index >= 15 is 0 Å². The van der Waals surface area contributed by atoms with Crippen LogP contribution in [0.5, 0.6) is 11.5 Å². The van der Waals surface area contributed by atoms with E-state index in [2.05, 4.69) is 6.58 Å². The van der Waals surface area contributed by atoms with Gasteiger partial charge in [-0.1, -0.05) is 78.9 Å². The summed E-state index contributed by atoms with van der Waals surface area (Å²) in [6.07, 6.45) is 4.17. The second-order valence-corrected chi connectivity index (χ2v) is 10.7. The quantitative estimate of drug-likeness (QED) is 0.135. The summed E-state index contributed by atoms with van der Waals surface area (Å²) in [5, 5.41) is 0.660. The molecule has 0 aromatic heterocycles. The average Bonchev–Trinajstić information content (AvgIpc) is 3.29. The molecule has 1 aliphatic rings. The van der Waals surface area contributed by atoms with Crippen molar-refractivity contribution in [3.05, 3.63) is 148 Å². The topological polar surface area (TPSA) is 51.1 Å². The Morgan fingerprint density at radius 1 is 0.929 bits per heavy atom. The number of thioether (sulfide) groups is 1. The highest BCUT2D eigenvalue weighted by molar-refractivity contribution is 8.18. The second kappa shape index (κ2) is 13.8. The number of nitrogens with zero attached hydrogens (tertiary/aromatic N) is 2. The molecule has 4 aromatic carbocycles. The predicted molar refractivity (Wildman–Crippen MR) is 168 cm³/mol. The third-order valence-electron chi connectivity index (χ3n) is 6.62. The lowest BCUT2D eigenvalue weighted by Crippen LogP contribution is -2.28. The van der Waals surface area contributed by atoms with E-state index in [0.29, 0.717) is 46.6 Å². The van der Waals surface area contributed by atoms with Gasteiger partial charge in [-0.3, -0.25) is 14.7 Å². The highest BCUT2D eigenvalue weighted by Crippen LogP contribution is 2.38. The van der Waals surface area contributed by atoms with Crippen molar-refractivity contribution >= 4 is 28.9 Å². The number of aliphatic imine (C=N–C) groups is 1. The molecule has 1 fully saturated rings. The minimum absolute atomic E-state index is 0.105. The van der Waals surface area contributed by atoms with E-state index < -0.39 is 0 Å². The van der Waals surface area contributed by atoms with Gasteiger partial charge in [-0.2, -0.15) is 0 Å². The SMILES string of the molecule is C=CCc1cc(/C=C2/SC(=NCc3ccccc3)N(Cc3ccccc3)C2=O)cc(OC)c1OCc1cccc(F)c1. The number of halogens is 1. The van der Waals surface area contributed by atoms with Crippen LogP contribution in [0.15, 0.2) is 120 Å². The molecule has 212 valence electrons.